The van der Waals surface area contributed by atoms with Gasteiger partial charge in [-0.1, -0.05) is 0 Å². The van der Waals surface area contributed by atoms with Crippen LogP contribution in [0.1, 0.15) is 18.4 Å². The third kappa shape index (κ3) is 3.75. The highest BCUT2D eigenvalue weighted by Gasteiger charge is 2.27. The predicted molar refractivity (Wildman–Crippen MR) is 78.5 cm³/mol. The van der Waals surface area contributed by atoms with E-state index in [-0.39, 0.29) is 16.5 Å². The van der Waals surface area contributed by atoms with Gasteiger partial charge in [-0.2, -0.15) is 0 Å². The van der Waals surface area contributed by atoms with Gasteiger partial charge in [-0.3, -0.25) is 0 Å². The zero-order valence-electron chi connectivity index (χ0n) is 12.5. The highest BCUT2D eigenvalue weighted by atomic mass is 32.2. The van der Waals surface area contributed by atoms with Crippen LogP contribution >= 0.6 is 0 Å². The van der Waals surface area contributed by atoms with Gasteiger partial charge in [-0.15, -0.1) is 0 Å². The molecule has 1 N–H and O–H groups in total. The first-order valence-corrected chi connectivity index (χ1v) is 8.43. The smallest absolute Gasteiger partial charge is 0.409 e. The molecule has 8 heteroatoms. The summed E-state index contributed by atoms with van der Waals surface area (Å²) in [6.07, 6.45) is 0.610. The van der Waals surface area contributed by atoms with Crippen LogP contribution in [0.3, 0.4) is 0 Å². The number of hydrogen-bond acceptors (Lipinski definition) is 4. The average Bonchev–Trinajstić information content (AvgIpc) is 2.49. The van der Waals surface area contributed by atoms with E-state index in [0.29, 0.717) is 25.9 Å². The van der Waals surface area contributed by atoms with Crippen molar-refractivity contribution in [1.82, 2.24) is 9.62 Å². The number of nitrogens with zero attached hydrogens (tertiary/aromatic N) is 1. The fraction of sp³-hybridized carbons (Fsp3) is 0.500. The fourth-order valence-corrected chi connectivity index (χ4v) is 3.77. The topological polar surface area (TPSA) is 75.7 Å². The van der Waals surface area contributed by atoms with Crippen LogP contribution in [0.2, 0.25) is 0 Å². The number of aryl methyl sites for hydroxylation is 1. The Morgan fingerprint density at radius 2 is 2.00 bits per heavy atom. The van der Waals surface area contributed by atoms with Gasteiger partial charge < -0.3 is 9.64 Å². The van der Waals surface area contributed by atoms with Crippen molar-refractivity contribution in [3.05, 3.63) is 29.6 Å². The number of benzene rings is 1. The molecule has 2 rings (SSSR count). The monoisotopic (exact) mass is 330 g/mol. The summed E-state index contributed by atoms with van der Waals surface area (Å²) < 4.78 is 45.1. The summed E-state index contributed by atoms with van der Waals surface area (Å²) in [5, 5.41) is 0. The third-order valence-electron chi connectivity index (χ3n) is 3.69. The summed E-state index contributed by atoms with van der Waals surface area (Å²) in [5.74, 6) is -0.440. The Labute approximate surface area is 129 Å². The van der Waals surface area contributed by atoms with E-state index in [0.717, 1.165) is 6.07 Å². The standard InChI is InChI=1S/C14H19FN2O4S/c1-10-9-12(3-4-13(10)15)22(19,20)16-11-5-7-17(8-6-11)14(18)21-2/h3-4,9,11,16H,5-8H2,1-2H3. The molecule has 1 aromatic carbocycles. The molecule has 0 saturated carbocycles. The molecule has 0 spiro atoms. The molecular weight excluding hydrogens is 311 g/mol. The normalized spacial score (nSPS) is 16.6. The van der Waals surface area contributed by atoms with Crippen molar-refractivity contribution in [2.45, 2.75) is 30.7 Å². The summed E-state index contributed by atoms with van der Waals surface area (Å²) in [5.41, 5.74) is 0.281. The van der Waals surface area contributed by atoms with Gasteiger partial charge in [0.25, 0.3) is 0 Å². The van der Waals surface area contributed by atoms with E-state index < -0.39 is 21.9 Å². The number of carbonyl (C=O) groups is 1. The number of methoxy groups -OCH3 is 1. The lowest BCUT2D eigenvalue weighted by Crippen LogP contribution is -2.46. The van der Waals surface area contributed by atoms with Gasteiger partial charge in [0, 0.05) is 19.1 Å². The maximum absolute atomic E-state index is 13.2. The lowest BCUT2D eigenvalue weighted by molar-refractivity contribution is 0.111. The molecule has 0 radical (unpaired) electrons. The molecular formula is C14H19FN2O4S. The number of halogens is 1. The molecule has 122 valence electrons. The lowest BCUT2D eigenvalue weighted by atomic mass is 10.1. The number of piperidine rings is 1. The van der Waals surface area contributed by atoms with Crippen LogP contribution in [0.25, 0.3) is 0 Å². The zero-order chi connectivity index (χ0) is 16.3. The van der Waals surface area contributed by atoms with Gasteiger partial charge >= 0.3 is 6.09 Å². The van der Waals surface area contributed by atoms with E-state index in [1.54, 1.807) is 0 Å². The number of hydrogen-bond donors (Lipinski definition) is 1. The van der Waals surface area contributed by atoms with Crippen LogP contribution in [0, 0.1) is 12.7 Å². The molecule has 0 atom stereocenters. The maximum Gasteiger partial charge on any atom is 0.409 e. The summed E-state index contributed by atoms with van der Waals surface area (Å²) in [4.78, 5) is 13.0. The van der Waals surface area contributed by atoms with Crippen molar-refractivity contribution in [3.63, 3.8) is 0 Å². The molecule has 0 aromatic heterocycles. The van der Waals surface area contributed by atoms with Crippen molar-refractivity contribution in [1.29, 1.82) is 0 Å². The Hall–Kier alpha value is -1.67. The maximum atomic E-state index is 13.2. The Balaban J connectivity index is 2.01. The van der Waals surface area contributed by atoms with Crippen LogP contribution < -0.4 is 4.72 Å². The first-order chi connectivity index (χ1) is 10.3. The number of likely N-dealkylation sites (tertiary alicyclic amines) is 1. The molecule has 0 unspecified atom stereocenters. The van der Waals surface area contributed by atoms with Gasteiger partial charge in [0.2, 0.25) is 10.0 Å². The van der Waals surface area contributed by atoms with Crippen molar-refractivity contribution >= 4 is 16.1 Å². The summed E-state index contributed by atoms with van der Waals surface area (Å²) in [6.45, 7) is 2.38. The lowest BCUT2D eigenvalue weighted by Gasteiger charge is -2.31. The number of nitrogens with one attached hydrogen (secondary N) is 1. The first kappa shape index (κ1) is 16.7. The van der Waals surface area contributed by atoms with Gasteiger partial charge in [-0.25, -0.2) is 22.3 Å². The molecule has 0 bridgehead atoms. The quantitative estimate of drug-likeness (QED) is 0.914. The van der Waals surface area contributed by atoms with E-state index in [1.807, 2.05) is 0 Å². The molecule has 6 nitrogen and oxygen atoms in total. The van der Waals surface area contributed by atoms with E-state index in [2.05, 4.69) is 9.46 Å². The largest absolute Gasteiger partial charge is 0.453 e. The van der Waals surface area contributed by atoms with Crippen molar-refractivity contribution in [2.75, 3.05) is 20.2 Å². The van der Waals surface area contributed by atoms with E-state index in [1.165, 1.54) is 31.1 Å². The second-order valence-corrected chi connectivity index (χ2v) is 6.98. The molecule has 22 heavy (non-hydrogen) atoms. The number of amides is 1. The van der Waals surface area contributed by atoms with Crippen molar-refractivity contribution in [2.24, 2.45) is 0 Å². The molecule has 1 amide bonds. The Morgan fingerprint density at radius 3 is 2.55 bits per heavy atom. The summed E-state index contributed by atoms with van der Waals surface area (Å²) in [7, 11) is -2.38. The molecule has 1 aliphatic heterocycles. The number of ether oxygens (including phenoxy) is 1. The van der Waals surface area contributed by atoms with Crippen LogP contribution in [-0.2, 0) is 14.8 Å². The number of rotatable bonds is 3. The van der Waals surface area contributed by atoms with Gasteiger partial charge in [-0.05, 0) is 43.5 Å². The Bertz CT molecular complexity index is 655. The van der Waals surface area contributed by atoms with Gasteiger partial charge in [0.1, 0.15) is 5.82 Å². The third-order valence-corrected chi connectivity index (χ3v) is 5.21. The minimum Gasteiger partial charge on any atom is -0.453 e. The summed E-state index contributed by atoms with van der Waals surface area (Å²) >= 11 is 0. The predicted octanol–water partition coefficient (Wildman–Crippen LogP) is 1.64. The molecule has 0 aliphatic carbocycles. The highest BCUT2D eigenvalue weighted by molar-refractivity contribution is 7.89. The van der Waals surface area contributed by atoms with Gasteiger partial charge in [0.05, 0.1) is 12.0 Å². The Kier molecular flexibility index (Phi) is 5.02. The van der Waals surface area contributed by atoms with E-state index >= 15 is 0 Å². The second-order valence-electron chi connectivity index (χ2n) is 5.26. The molecule has 1 heterocycles. The fourth-order valence-electron chi connectivity index (χ4n) is 2.38. The summed E-state index contributed by atoms with van der Waals surface area (Å²) in [6, 6.07) is 3.44. The van der Waals surface area contributed by atoms with Crippen LogP contribution in [0.5, 0.6) is 0 Å². The second kappa shape index (κ2) is 6.62. The van der Waals surface area contributed by atoms with E-state index in [4.69, 9.17) is 0 Å². The SMILES string of the molecule is COC(=O)N1CCC(NS(=O)(=O)c2ccc(F)c(C)c2)CC1. The van der Waals surface area contributed by atoms with Crippen LogP contribution in [-0.4, -0.2) is 45.7 Å². The van der Waals surface area contributed by atoms with Gasteiger partial charge in [0.15, 0.2) is 0 Å². The molecule has 1 aromatic rings. The number of carbonyl (C=O) groups excluding carboxylic acids is 1. The Morgan fingerprint density at radius 1 is 1.36 bits per heavy atom. The minimum atomic E-state index is -3.69. The van der Waals surface area contributed by atoms with Crippen molar-refractivity contribution in [3.8, 4) is 0 Å². The number of sulfonamides is 1. The first-order valence-electron chi connectivity index (χ1n) is 6.95. The van der Waals surface area contributed by atoms with Crippen LogP contribution in [0.15, 0.2) is 23.1 Å². The van der Waals surface area contributed by atoms with Crippen molar-refractivity contribution < 1.29 is 22.3 Å². The average molecular weight is 330 g/mol. The minimum absolute atomic E-state index is 0.0433. The zero-order valence-corrected chi connectivity index (χ0v) is 13.3. The molecule has 1 saturated heterocycles. The highest BCUT2D eigenvalue weighted by Crippen LogP contribution is 2.17. The molecule has 1 aliphatic rings. The van der Waals surface area contributed by atoms with Crippen LogP contribution in [0.4, 0.5) is 9.18 Å². The molecule has 1 fully saturated rings. The van der Waals surface area contributed by atoms with E-state index in [9.17, 15) is 17.6 Å².